The van der Waals surface area contributed by atoms with Gasteiger partial charge in [-0.1, -0.05) is 72.5 Å². The molecule has 0 nitrogen and oxygen atoms in total. The van der Waals surface area contributed by atoms with E-state index in [1.807, 2.05) is 50.2 Å². The zero-order valence-electron chi connectivity index (χ0n) is 9.75. The van der Waals surface area contributed by atoms with Gasteiger partial charge in [0.25, 0.3) is 0 Å². The molecule has 0 aliphatic carbocycles. The summed E-state index contributed by atoms with van der Waals surface area (Å²) in [4.78, 5) is 0. The minimum absolute atomic E-state index is 0. The van der Waals surface area contributed by atoms with Crippen LogP contribution in [0.3, 0.4) is 0 Å². The van der Waals surface area contributed by atoms with Crippen molar-refractivity contribution in [1.82, 2.24) is 0 Å². The minimum Gasteiger partial charge on any atom is -0.358 e. The summed E-state index contributed by atoms with van der Waals surface area (Å²) in [7, 11) is 0. The molecule has 0 unspecified atom stereocenters. The Labute approximate surface area is 133 Å². The van der Waals surface area contributed by atoms with Crippen LogP contribution in [0.4, 0.5) is 0 Å². The van der Waals surface area contributed by atoms with Gasteiger partial charge in [0.1, 0.15) is 0 Å². The maximum atomic E-state index is 3.25. The van der Waals surface area contributed by atoms with Crippen molar-refractivity contribution < 1.29 is 32.7 Å². The molecule has 1 rings (SSSR count). The maximum absolute atomic E-state index is 3.25. The Hall–Kier alpha value is 0.324. The van der Waals surface area contributed by atoms with E-state index in [9.17, 15) is 0 Å². The zero-order valence-corrected chi connectivity index (χ0v) is 12.6. The molecule has 0 spiro atoms. The van der Waals surface area contributed by atoms with Gasteiger partial charge in [0, 0.05) is 0 Å². The van der Waals surface area contributed by atoms with Crippen molar-refractivity contribution in [3.8, 4) is 0 Å². The molecule has 0 N–H and O–H groups in total. The predicted octanol–water partition coefficient (Wildman–Crippen LogP) is 6.36. The molecule has 16 heavy (non-hydrogen) atoms. The molecule has 0 heterocycles. The smallest absolute Gasteiger partial charge is 0.358 e. The normalized spacial score (nSPS) is 3.75. The molecule has 0 bridgehead atoms. The van der Waals surface area contributed by atoms with Crippen LogP contribution in [0.15, 0.2) is 36.4 Å². The summed E-state index contributed by atoms with van der Waals surface area (Å²) in [5.74, 6) is 0. The van der Waals surface area contributed by atoms with Crippen LogP contribution >= 0.6 is 0 Å². The molecule has 0 aliphatic rings. The van der Waals surface area contributed by atoms with Crippen LogP contribution in [0.1, 0.15) is 43.1 Å². The van der Waals surface area contributed by atoms with Gasteiger partial charge in [-0.2, -0.15) is 6.92 Å². The van der Waals surface area contributed by atoms with E-state index in [0.29, 0.717) is 0 Å². The topological polar surface area (TPSA) is 0 Å². The van der Waals surface area contributed by atoms with Gasteiger partial charge in [-0.05, 0) is 0 Å². The first-order valence-electron chi connectivity index (χ1n) is 3.71. The summed E-state index contributed by atoms with van der Waals surface area (Å²) in [6.45, 7) is 9.00. The molecule has 0 saturated carbocycles. The van der Waals surface area contributed by atoms with Crippen LogP contribution in [0.2, 0.25) is 0 Å². The first-order valence-corrected chi connectivity index (χ1v) is 3.71. The second kappa shape index (κ2) is 78.6. The van der Waals surface area contributed by atoms with Gasteiger partial charge in [0.05, 0.1) is 0 Å². The summed E-state index contributed by atoms with van der Waals surface area (Å²) in [5, 5.41) is 0. The molecule has 1 aromatic carbocycles. The van der Waals surface area contributed by atoms with Gasteiger partial charge >= 0.3 is 32.7 Å². The second-order valence-corrected chi connectivity index (χ2v) is 1.15. The van der Waals surface area contributed by atoms with E-state index in [-0.39, 0.29) is 69.8 Å². The van der Waals surface area contributed by atoms with Crippen LogP contribution in [0.25, 0.3) is 0 Å². The molecule has 1 heteroatoms. The zero-order chi connectivity index (χ0) is 8.24. The first kappa shape index (κ1) is 55.3. The summed E-state index contributed by atoms with van der Waals surface area (Å²) < 4.78 is 0. The molecule has 0 fully saturated rings. The molecular formula is C15H35Y. The third kappa shape index (κ3) is 63.6. The van der Waals surface area contributed by atoms with Crippen molar-refractivity contribution in [3.05, 3.63) is 58.2 Å². The van der Waals surface area contributed by atoms with Crippen molar-refractivity contribution in [2.75, 3.05) is 0 Å². The Morgan fingerprint density at radius 2 is 0.625 bits per heavy atom. The molecule has 1 aromatic rings. The van der Waals surface area contributed by atoms with Crippen molar-refractivity contribution in [2.45, 2.75) is 43.1 Å². The number of rotatable bonds is 0. The van der Waals surface area contributed by atoms with Crippen LogP contribution in [0, 0.1) is 21.8 Å². The van der Waals surface area contributed by atoms with E-state index in [1.54, 1.807) is 6.92 Å². The van der Waals surface area contributed by atoms with Gasteiger partial charge in [-0.25, -0.2) is 0 Å². The fourth-order valence-electron chi connectivity index (χ4n) is 0.385. The van der Waals surface area contributed by atoms with Gasteiger partial charge in [-0.3, -0.25) is 0 Å². The molecule has 0 amide bonds. The maximum Gasteiger partial charge on any atom is 3.00 e. The van der Waals surface area contributed by atoms with E-state index in [4.69, 9.17) is 0 Å². The number of hydrogen-bond acceptors (Lipinski definition) is 0. The van der Waals surface area contributed by atoms with Crippen LogP contribution in [0.5, 0.6) is 0 Å². The van der Waals surface area contributed by atoms with E-state index >= 15 is 0 Å². The third-order valence-electron chi connectivity index (χ3n) is 0.667. The largest absolute Gasteiger partial charge is 3.00 e. The molecular weight excluding hydrogens is 269 g/mol. The first-order chi connectivity index (χ1) is 5.00. The number of hydrogen-bond donors (Lipinski definition) is 0. The fourth-order valence-corrected chi connectivity index (χ4v) is 0.385. The summed E-state index contributed by atoms with van der Waals surface area (Å²) in [5.41, 5.74) is 0. The average molecular weight is 304 g/mol. The molecule has 0 aliphatic heterocycles. The Morgan fingerprint density at radius 1 is 0.562 bits per heavy atom. The van der Waals surface area contributed by atoms with Crippen molar-refractivity contribution in [1.29, 1.82) is 0 Å². The van der Waals surface area contributed by atoms with E-state index in [2.05, 4.69) is 6.92 Å². The van der Waals surface area contributed by atoms with Crippen LogP contribution in [-0.2, 0) is 32.7 Å². The van der Waals surface area contributed by atoms with Gasteiger partial charge < -0.3 is 21.8 Å². The molecule has 0 aromatic heterocycles. The van der Waals surface area contributed by atoms with E-state index in [1.165, 1.54) is 0 Å². The van der Waals surface area contributed by atoms with Crippen LogP contribution < -0.4 is 0 Å². The Bertz CT molecular complexity index is 77.4. The van der Waals surface area contributed by atoms with E-state index < -0.39 is 0 Å². The van der Waals surface area contributed by atoms with E-state index in [0.717, 1.165) is 0 Å². The Morgan fingerprint density at radius 3 is 0.688 bits per heavy atom. The third-order valence-corrected chi connectivity index (χ3v) is 0.667. The molecule has 0 saturated heterocycles. The summed E-state index contributed by atoms with van der Waals surface area (Å²) in [6, 6.07) is 12.0. The fraction of sp³-hybridized carbons (Fsp3) is 0.400. The van der Waals surface area contributed by atoms with Gasteiger partial charge in [0.15, 0.2) is 0 Å². The summed E-state index contributed by atoms with van der Waals surface area (Å²) in [6.07, 6.45) is 0. The molecule has 98 valence electrons. The Kier molecular flexibility index (Phi) is 272. The minimum atomic E-state index is 0. The van der Waals surface area contributed by atoms with Crippen LogP contribution in [-0.4, -0.2) is 0 Å². The number of benzene rings is 1. The van der Waals surface area contributed by atoms with Gasteiger partial charge in [-0.15, -0.1) is 0 Å². The second-order valence-electron chi connectivity index (χ2n) is 1.15. The molecule has 0 atom stereocenters. The quantitative estimate of drug-likeness (QED) is 0.489. The van der Waals surface area contributed by atoms with Crippen molar-refractivity contribution in [3.63, 3.8) is 0 Å². The van der Waals surface area contributed by atoms with Crippen molar-refractivity contribution >= 4 is 0 Å². The average Bonchev–Trinajstić information content (AvgIpc) is 2.14. The standard InChI is InChI=1S/C6H6.C2H6.C2H5.3CH4.2CH3.Y/c1-2-4-6-5-3-1;2*1-2;;;;;;/h1-6H;1-2H3;1H2,2H3;3*1H4;2*1H3;/q;;-1;;;;2*-1;+3. The van der Waals surface area contributed by atoms with Gasteiger partial charge in [0.2, 0.25) is 0 Å². The predicted molar refractivity (Wildman–Crippen MR) is 81.8 cm³/mol. The monoisotopic (exact) mass is 304 g/mol. The molecule has 0 radical (unpaired) electrons. The summed E-state index contributed by atoms with van der Waals surface area (Å²) >= 11 is 0. The SMILES string of the molecule is C.C.C.CC.[CH2-]C.[CH3-].[CH3-].[Y+3].c1ccccc1. The Balaban J connectivity index is -0.00000000990. The van der Waals surface area contributed by atoms with Crippen molar-refractivity contribution in [2.24, 2.45) is 0 Å².